The molecule has 1 atom stereocenters. The molecule has 0 spiro atoms. The van der Waals surface area contributed by atoms with Gasteiger partial charge in [-0.1, -0.05) is 26.2 Å². The second kappa shape index (κ2) is 7.09. The van der Waals surface area contributed by atoms with Crippen LogP contribution in [0.15, 0.2) is 0 Å². The maximum atomic E-state index is 12.3. The highest BCUT2D eigenvalue weighted by atomic mass is 16.4. The molecule has 0 aliphatic heterocycles. The molecule has 0 saturated heterocycles. The number of carbonyl (C=O) groups is 2. The molecule has 0 bridgehead atoms. The van der Waals surface area contributed by atoms with E-state index in [1.54, 1.807) is 0 Å². The van der Waals surface area contributed by atoms with Crippen molar-refractivity contribution in [2.75, 3.05) is 0 Å². The van der Waals surface area contributed by atoms with Gasteiger partial charge in [-0.25, -0.2) is 4.79 Å². The first kappa shape index (κ1) is 15.3. The smallest absolute Gasteiger partial charge is 0.326 e. The number of nitrogens with one attached hydrogen (secondary N) is 1. The molecule has 2 fully saturated rings. The fraction of sp³-hybridized carbons (Fsp3) is 0.875. The first-order valence-corrected chi connectivity index (χ1v) is 8.11. The van der Waals surface area contributed by atoms with Crippen LogP contribution in [0.3, 0.4) is 0 Å². The van der Waals surface area contributed by atoms with Gasteiger partial charge in [-0.3, -0.25) is 4.79 Å². The maximum absolute atomic E-state index is 12.3. The van der Waals surface area contributed by atoms with Crippen molar-refractivity contribution in [3.63, 3.8) is 0 Å². The minimum Gasteiger partial charge on any atom is -0.480 e. The summed E-state index contributed by atoms with van der Waals surface area (Å²) in [5, 5.41) is 12.2. The number of hydrogen-bond donors (Lipinski definition) is 2. The van der Waals surface area contributed by atoms with E-state index >= 15 is 0 Å². The SMILES string of the molecule is CC1CCC(C(=O)NC(C(=O)O)C2CCCCC2)CC1. The summed E-state index contributed by atoms with van der Waals surface area (Å²) >= 11 is 0. The zero-order valence-corrected chi connectivity index (χ0v) is 12.4. The molecule has 2 N–H and O–H groups in total. The summed E-state index contributed by atoms with van der Waals surface area (Å²) in [6.07, 6.45) is 9.21. The summed E-state index contributed by atoms with van der Waals surface area (Å²) in [6, 6.07) is -0.679. The molecule has 0 heterocycles. The molecule has 20 heavy (non-hydrogen) atoms. The largest absolute Gasteiger partial charge is 0.480 e. The zero-order chi connectivity index (χ0) is 14.5. The number of carboxylic acids is 1. The van der Waals surface area contributed by atoms with Gasteiger partial charge in [0.15, 0.2) is 0 Å². The van der Waals surface area contributed by atoms with Crippen LogP contribution in [0.1, 0.15) is 64.7 Å². The maximum Gasteiger partial charge on any atom is 0.326 e. The van der Waals surface area contributed by atoms with Crippen molar-refractivity contribution in [3.8, 4) is 0 Å². The van der Waals surface area contributed by atoms with E-state index in [0.717, 1.165) is 51.4 Å². The molecule has 1 amide bonds. The molecule has 114 valence electrons. The third-order valence-electron chi connectivity index (χ3n) is 5.07. The Morgan fingerprint density at radius 1 is 1.00 bits per heavy atom. The Morgan fingerprint density at radius 2 is 1.60 bits per heavy atom. The molecular weight excluding hydrogens is 254 g/mol. The Morgan fingerprint density at radius 3 is 2.15 bits per heavy atom. The van der Waals surface area contributed by atoms with Gasteiger partial charge in [0, 0.05) is 5.92 Å². The molecule has 0 aromatic carbocycles. The first-order valence-electron chi connectivity index (χ1n) is 8.11. The highest BCUT2D eigenvalue weighted by Crippen LogP contribution is 2.30. The summed E-state index contributed by atoms with van der Waals surface area (Å²) in [6.45, 7) is 2.22. The molecular formula is C16H27NO3. The van der Waals surface area contributed by atoms with Crippen LogP contribution in [-0.2, 0) is 9.59 Å². The van der Waals surface area contributed by atoms with E-state index in [1.165, 1.54) is 6.42 Å². The van der Waals surface area contributed by atoms with Crippen molar-refractivity contribution in [2.45, 2.75) is 70.8 Å². The number of rotatable bonds is 4. The Kier molecular flexibility index (Phi) is 5.44. The standard InChI is InChI=1S/C16H27NO3/c1-11-7-9-13(10-8-11)15(18)17-14(16(19)20)12-5-3-2-4-6-12/h11-14H,2-10H2,1H3,(H,17,18)(H,19,20). The number of amides is 1. The van der Waals surface area contributed by atoms with Crippen molar-refractivity contribution < 1.29 is 14.7 Å². The van der Waals surface area contributed by atoms with Gasteiger partial charge in [0.25, 0.3) is 0 Å². The van der Waals surface area contributed by atoms with Crippen LogP contribution in [0.4, 0.5) is 0 Å². The minimum atomic E-state index is -0.866. The van der Waals surface area contributed by atoms with Crippen molar-refractivity contribution in [1.29, 1.82) is 0 Å². The summed E-state index contributed by atoms with van der Waals surface area (Å²) in [4.78, 5) is 23.7. The fourth-order valence-corrected chi connectivity index (χ4v) is 3.64. The van der Waals surface area contributed by atoms with Crippen LogP contribution >= 0.6 is 0 Å². The highest BCUT2D eigenvalue weighted by Gasteiger charge is 2.33. The molecule has 2 aliphatic carbocycles. The van der Waals surface area contributed by atoms with Gasteiger partial charge in [0.1, 0.15) is 6.04 Å². The van der Waals surface area contributed by atoms with Crippen LogP contribution in [0.25, 0.3) is 0 Å². The number of aliphatic carboxylic acids is 1. The molecule has 4 nitrogen and oxygen atoms in total. The predicted octanol–water partition coefficient (Wildman–Crippen LogP) is 2.96. The van der Waals surface area contributed by atoms with Crippen molar-refractivity contribution in [3.05, 3.63) is 0 Å². The summed E-state index contributed by atoms with van der Waals surface area (Å²) in [7, 11) is 0. The molecule has 4 heteroatoms. The monoisotopic (exact) mass is 281 g/mol. The van der Waals surface area contributed by atoms with Crippen molar-refractivity contribution in [2.24, 2.45) is 17.8 Å². The Balaban J connectivity index is 1.90. The minimum absolute atomic E-state index is 0.0247. The van der Waals surface area contributed by atoms with Gasteiger partial charge in [-0.05, 0) is 50.4 Å². The lowest BCUT2D eigenvalue weighted by Crippen LogP contribution is -2.48. The van der Waals surface area contributed by atoms with Crippen LogP contribution in [-0.4, -0.2) is 23.0 Å². The topological polar surface area (TPSA) is 66.4 Å². The second-order valence-corrected chi connectivity index (χ2v) is 6.68. The molecule has 0 aromatic heterocycles. The van der Waals surface area contributed by atoms with Gasteiger partial charge in [-0.15, -0.1) is 0 Å². The average molecular weight is 281 g/mol. The van der Waals surface area contributed by atoms with E-state index in [0.29, 0.717) is 5.92 Å². The quantitative estimate of drug-likeness (QED) is 0.832. The molecule has 2 saturated carbocycles. The molecule has 2 rings (SSSR count). The molecule has 0 aromatic rings. The van der Waals surface area contributed by atoms with Gasteiger partial charge in [0.05, 0.1) is 0 Å². The number of hydrogen-bond acceptors (Lipinski definition) is 2. The number of carbonyl (C=O) groups excluding carboxylic acids is 1. The predicted molar refractivity (Wildman–Crippen MR) is 77.3 cm³/mol. The Bertz CT molecular complexity index is 342. The highest BCUT2D eigenvalue weighted by molar-refractivity contribution is 5.85. The second-order valence-electron chi connectivity index (χ2n) is 6.68. The lowest BCUT2D eigenvalue weighted by Gasteiger charge is -2.31. The van der Waals surface area contributed by atoms with Gasteiger partial charge < -0.3 is 10.4 Å². The van der Waals surface area contributed by atoms with Crippen LogP contribution in [0, 0.1) is 17.8 Å². The van der Waals surface area contributed by atoms with Gasteiger partial charge in [-0.2, -0.15) is 0 Å². The Labute approximate surface area is 121 Å². The van der Waals surface area contributed by atoms with Crippen LogP contribution < -0.4 is 5.32 Å². The lowest BCUT2D eigenvalue weighted by molar-refractivity contribution is -0.144. The third kappa shape index (κ3) is 3.97. The molecule has 1 unspecified atom stereocenters. The Hall–Kier alpha value is -1.06. The number of carboxylic acid groups (broad SMARTS) is 1. The summed E-state index contributed by atoms with van der Waals surface area (Å²) in [5.41, 5.74) is 0. The van der Waals surface area contributed by atoms with Gasteiger partial charge >= 0.3 is 5.97 Å². The average Bonchev–Trinajstić information content (AvgIpc) is 2.46. The van der Waals surface area contributed by atoms with Crippen LogP contribution in [0.2, 0.25) is 0 Å². The van der Waals surface area contributed by atoms with Crippen LogP contribution in [0.5, 0.6) is 0 Å². The van der Waals surface area contributed by atoms with E-state index in [2.05, 4.69) is 12.2 Å². The van der Waals surface area contributed by atoms with Crippen molar-refractivity contribution >= 4 is 11.9 Å². The van der Waals surface area contributed by atoms with E-state index in [4.69, 9.17) is 0 Å². The summed E-state index contributed by atoms with van der Waals surface area (Å²) < 4.78 is 0. The molecule has 2 aliphatic rings. The third-order valence-corrected chi connectivity index (χ3v) is 5.07. The molecule has 0 radical (unpaired) electrons. The van der Waals surface area contributed by atoms with E-state index in [-0.39, 0.29) is 17.7 Å². The zero-order valence-electron chi connectivity index (χ0n) is 12.4. The first-order chi connectivity index (χ1) is 9.58. The van der Waals surface area contributed by atoms with Crippen molar-refractivity contribution in [1.82, 2.24) is 5.32 Å². The normalized spacial score (nSPS) is 29.6. The van der Waals surface area contributed by atoms with Gasteiger partial charge in [0.2, 0.25) is 5.91 Å². The summed E-state index contributed by atoms with van der Waals surface area (Å²) in [5.74, 6) is -0.0543. The van der Waals surface area contributed by atoms with E-state index < -0.39 is 12.0 Å². The lowest BCUT2D eigenvalue weighted by atomic mass is 9.81. The van der Waals surface area contributed by atoms with E-state index in [9.17, 15) is 14.7 Å². The fourth-order valence-electron chi connectivity index (χ4n) is 3.64. The van der Waals surface area contributed by atoms with E-state index in [1.807, 2.05) is 0 Å².